The zero-order valence-electron chi connectivity index (χ0n) is 8.10. The number of nitrogens with one attached hydrogen (secondary N) is 1. The first-order valence-corrected chi connectivity index (χ1v) is 4.49. The first kappa shape index (κ1) is 10.6. The number of aromatic nitrogens is 2. The van der Waals surface area contributed by atoms with Crippen molar-refractivity contribution in [2.24, 2.45) is 11.7 Å². The lowest BCUT2D eigenvalue weighted by Crippen LogP contribution is -2.20. The Balaban J connectivity index is 2.42. The van der Waals surface area contributed by atoms with Crippen molar-refractivity contribution < 1.29 is 4.79 Å². The standard InChI is InChI=1S/C9H14N4O/c1-7(6-10)5-8(14)13-9-11-3-2-4-12-9/h2-4,7H,5-6,10H2,1H3,(H,11,12,13,14). The van der Waals surface area contributed by atoms with Gasteiger partial charge in [-0.1, -0.05) is 6.92 Å². The van der Waals surface area contributed by atoms with Gasteiger partial charge in [0, 0.05) is 18.8 Å². The summed E-state index contributed by atoms with van der Waals surface area (Å²) < 4.78 is 0. The van der Waals surface area contributed by atoms with Gasteiger partial charge in [0.25, 0.3) is 0 Å². The molecule has 5 heteroatoms. The molecule has 0 saturated heterocycles. The molecule has 0 aromatic carbocycles. The molecule has 1 aromatic heterocycles. The van der Waals surface area contributed by atoms with Crippen molar-refractivity contribution in [1.29, 1.82) is 0 Å². The van der Waals surface area contributed by atoms with Gasteiger partial charge in [0.05, 0.1) is 0 Å². The van der Waals surface area contributed by atoms with Crippen molar-refractivity contribution in [3.05, 3.63) is 18.5 Å². The molecule has 3 N–H and O–H groups in total. The fourth-order valence-corrected chi connectivity index (χ4v) is 0.939. The van der Waals surface area contributed by atoms with Crippen LogP contribution in [0, 0.1) is 5.92 Å². The molecule has 0 aliphatic heterocycles. The predicted octanol–water partition coefficient (Wildman–Crippen LogP) is 0.400. The van der Waals surface area contributed by atoms with Crippen molar-refractivity contribution in [1.82, 2.24) is 9.97 Å². The average Bonchev–Trinajstić information content (AvgIpc) is 2.19. The van der Waals surface area contributed by atoms with Gasteiger partial charge in [0.15, 0.2) is 0 Å². The van der Waals surface area contributed by atoms with Crippen LogP contribution >= 0.6 is 0 Å². The maximum absolute atomic E-state index is 11.3. The molecule has 1 amide bonds. The van der Waals surface area contributed by atoms with Crippen LogP contribution in [0.3, 0.4) is 0 Å². The Morgan fingerprint density at radius 2 is 2.21 bits per heavy atom. The van der Waals surface area contributed by atoms with Crippen LogP contribution in [0.2, 0.25) is 0 Å². The number of carbonyl (C=O) groups is 1. The van der Waals surface area contributed by atoms with Crippen molar-refractivity contribution in [2.75, 3.05) is 11.9 Å². The van der Waals surface area contributed by atoms with E-state index in [2.05, 4.69) is 15.3 Å². The maximum Gasteiger partial charge on any atom is 0.229 e. The highest BCUT2D eigenvalue weighted by atomic mass is 16.1. The zero-order chi connectivity index (χ0) is 10.4. The van der Waals surface area contributed by atoms with Gasteiger partial charge in [-0.3, -0.25) is 10.1 Å². The molecule has 1 atom stereocenters. The molecular weight excluding hydrogens is 180 g/mol. The molecule has 1 unspecified atom stereocenters. The fourth-order valence-electron chi connectivity index (χ4n) is 0.939. The summed E-state index contributed by atoms with van der Waals surface area (Å²) in [5.41, 5.74) is 5.40. The second-order valence-electron chi connectivity index (χ2n) is 3.17. The molecule has 14 heavy (non-hydrogen) atoms. The third-order valence-electron chi connectivity index (χ3n) is 1.75. The molecule has 0 bridgehead atoms. The summed E-state index contributed by atoms with van der Waals surface area (Å²) in [6.45, 7) is 2.43. The first-order valence-electron chi connectivity index (χ1n) is 4.49. The van der Waals surface area contributed by atoms with Crippen LogP contribution in [0.25, 0.3) is 0 Å². The molecule has 1 heterocycles. The summed E-state index contributed by atoms with van der Waals surface area (Å²) in [5, 5.41) is 2.59. The molecule has 0 saturated carbocycles. The number of rotatable bonds is 4. The number of hydrogen-bond acceptors (Lipinski definition) is 4. The smallest absolute Gasteiger partial charge is 0.229 e. The third kappa shape index (κ3) is 3.49. The highest BCUT2D eigenvalue weighted by molar-refractivity contribution is 5.88. The van der Waals surface area contributed by atoms with Crippen molar-refractivity contribution >= 4 is 11.9 Å². The Morgan fingerprint density at radius 3 is 2.79 bits per heavy atom. The van der Waals surface area contributed by atoms with Crippen LogP contribution in [-0.4, -0.2) is 22.4 Å². The molecule has 76 valence electrons. The van der Waals surface area contributed by atoms with E-state index in [1.54, 1.807) is 18.5 Å². The number of nitrogens with two attached hydrogens (primary N) is 1. The number of amides is 1. The summed E-state index contributed by atoms with van der Waals surface area (Å²) in [7, 11) is 0. The Bertz CT molecular complexity index is 288. The molecule has 0 radical (unpaired) electrons. The maximum atomic E-state index is 11.3. The predicted molar refractivity (Wildman–Crippen MR) is 53.5 cm³/mol. The van der Waals surface area contributed by atoms with Gasteiger partial charge < -0.3 is 5.73 Å². The number of hydrogen-bond donors (Lipinski definition) is 2. The summed E-state index contributed by atoms with van der Waals surface area (Å²) in [6, 6.07) is 1.69. The van der Waals surface area contributed by atoms with E-state index in [4.69, 9.17) is 5.73 Å². The van der Waals surface area contributed by atoms with Gasteiger partial charge in [-0.2, -0.15) is 0 Å². The summed E-state index contributed by atoms with van der Waals surface area (Å²) in [6.07, 6.45) is 3.55. The Hall–Kier alpha value is -1.49. The molecule has 0 aliphatic rings. The fraction of sp³-hybridized carbons (Fsp3) is 0.444. The average molecular weight is 194 g/mol. The Morgan fingerprint density at radius 1 is 1.57 bits per heavy atom. The highest BCUT2D eigenvalue weighted by Gasteiger charge is 2.08. The second kappa shape index (κ2) is 5.29. The Kier molecular flexibility index (Phi) is 4.00. The lowest BCUT2D eigenvalue weighted by molar-refractivity contribution is -0.116. The van der Waals surface area contributed by atoms with E-state index >= 15 is 0 Å². The minimum atomic E-state index is -0.103. The van der Waals surface area contributed by atoms with E-state index < -0.39 is 0 Å². The summed E-state index contributed by atoms with van der Waals surface area (Å²) in [4.78, 5) is 19.1. The number of nitrogens with zero attached hydrogens (tertiary/aromatic N) is 2. The van der Waals surface area contributed by atoms with Gasteiger partial charge in [0.1, 0.15) is 0 Å². The minimum absolute atomic E-state index is 0.103. The Labute approximate surface area is 82.7 Å². The van der Waals surface area contributed by atoms with Crippen molar-refractivity contribution in [3.63, 3.8) is 0 Å². The molecule has 0 spiro atoms. The lowest BCUT2D eigenvalue weighted by atomic mass is 10.1. The molecule has 0 fully saturated rings. The van der Waals surface area contributed by atoms with Gasteiger partial charge in [-0.25, -0.2) is 9.97 Å². The van der Waals surface area contributed by atoms with E-state index in [0.717, 1.165) is 0 Å². The van der Waals surface area contributed by atoms with Crippen LogP contribution in [-0.2, 0) is 4.79 Å². The highest BCUT2D eigenvalue weighted by Crippen LogP contribution is 2.02. The molecule has 0 aliphatic carbocycles. The quantitative estimate of drug-likeness (QED) is 0.727. The van der Waals surface area contributed by atoms with E-state index in [1.165, 1.54) is 0 Å². The van der Waals surface area contributed by atoms with Crippen LogP contribution in [0.15, 0.2) is 18.5 Å². The van der Waals surface area contributed by atoms with Crippen molar-refractivity contribution in [2.45, 2.75) is 13.3 Å². The number of anilines is 1. The SMILES string of the molecule is CC(CN)CC(=O)Nc1ncccn1. The van der Waals surface area contributed by atoms with E-state index in [-0.39, 0.29) is 11.8 Å². The second-order valence-corrected chi connectivity index (χ2v) is 3.17. The molecule has 1 rings (SSSR count). The monoisotopic (exact) mass is 194 g/mol. The topological polar surface area (TPSA) is 80.9 Å². The lowest BCUT2D eigenvalue weighted by Gasteiger charge is -2.07. The van der Waals surface area contributed by atoms with Gasteiger partial charge in [-0.05, 0) is 18.5 Å². The van der Waals surface area contributed by atoms with E-state index in [0.29, 0.717) is 18.9 Å². The zero-order valence-corrected chi connectivity index (χ0v) is 8.10. The van der Waals surface area contributed by atoms with Crippen LogP contribution in [0.4, 0.5) is 5.95 Å². The van der Waals surface area contributed by atoms with Crippen LogP contribution < -0.4 is 11.1 Å². The van der Waals surface area contributed by atoms with E-state index in [1.807, 2.05) is 6.92 Å². The van der Waals surface area contributed by atoms with E-state index in [9.17, 15) is 4.79 Å². The molecule has 5 nitrogen and oxygen atoms in total. The minimum Gasteiger partial charge on any atom is -0.330 e. The largest absolute Gasteiger partial charge is 0.330 e. The van der Waals surface area contributed by atoms with Crippen LogP contribution in [0.5, 0.6) is 0 Å². The molecular formula is C9H14N4O. The van der Waals surface area contributed by atoms with Gasteiger partial charge >= 0.3 is 0 Å². The molecule has 1 aromatic rings. The third-order valence-corrected chi connectivity index (χ3v) is 1.75. The summed E-state index contributed by atoms with van der Waals surface area (Å²) >= 11 is 0. The van der Waals surface area contributed by atoms with Gasteiger partial charge in [-0.15, -0.1) is 0 Å². The normalized spacial score (nSPS) is 12.1. The van der Waals surface area contributed by atoms with Crippen LogP contribution in [0.1, 0.15) is 13.3 Å². The summed E-state index contributed by atoms with van der Waals surface area (Å²) in [5.74, 6) is 0.412. The van der Waals surface area contributed by atoms with Gasteiger partial charge in [0.2, 0.25) is 11.9 Å². The first-order chi connectivity index (χ1) is 6.72. The number of carbonyl (C=O) groups excluding carboxylic acids is 1. The van der Waals surface area contributed by atoms with Crippen molar-refractivity contribution in [3.8, 4) is 0 Å².